The lowest BCUT2D eigenvalue weighted by molar-refractivity contribution is 0.143. The van der Waals surface area contributed by atoms with Crippen molar-refractivity contribution in [2.45, 2.75) is 19.6 Å². The maximum Gasteiger partial charge on any atom is 0.437 e. The molecule has 1 fully saturated rings. The minimum absolute atomic E-state index is 0.0976. The fraction of sp³-hybridized carbons (Fsp3) is 0.318. The van der Waals surface area contributed by atoms with Crippen LogP contribution in [0.25, 0.3) is 0 Å². The molecule has 8 nitrogen and oxygen atoms in total. The van der Waals surface area contributed by atoms with Crippen molar-refractivity contribution in [2.75, 3.05) is 19.6 Å². The number of hydrogen-bond donors (Lipinski definition) is 2. The predicted molar refractivity (Wildman–Crippen MR) is 113 cm³/mol. The van der Waals surface area contributed by atoms with Gasteiger partial charge in [-0.05, 0) is 30.0 Å². The van der Waals surface area contributed by atoms with E-state index in [1.165, 1.54) is 0 Å². The Morgan fingerprint density at radius 3 is 2.17 bits per heavy atom. The molecule has 30 heavy (non-hydrogen) atoms. The lowest BCUT2D eigenvalue weighted by Crippen LogP contribution is -2.44. The molecule has 0 saturated carbocycles. The number of alkyl carbamates (subject to hydrolysis) is 1. The van der Waals surface area contributed by atoms with Crippen molar-refractivity contribution in [3.05, 3.63) is 71.8 Å². The number of guanidine groups is 1. The number of benzene rings is 2. The quantitative estimate of drug-likeness (QED) is 0.580. The number of nitrogens with two attached hydrogens (primary N) is 1. The molecule has 0 bridgehead atoms. The molecule has 2 aromatic carbocycles. The second-order valence-electron chi connectivity index (χ2n) is 7.00. The Hall–Kier alpha value is -3.39. The van der Waals surface area contributed by atoms with Crippen molar-refractivity contribution >= 4 is 18.1 Å². The first-order valence-corrected chi connectivity index (χ1v) is 9.86. The van der Waals surface area contributed by atoms with Crippen LogP contribution in [0.5, 0.6) is 0 Å². The van der Waals surface area contributed by atoms with Gasteiger partial charge in [-0.15, -0.1) is 4.99 Å². The van der Waals surface area contributed by atoms with Crippen molar-refractivity contribution in [3.8, 4) is 0 Å². The van der Waals surface area contributed by atoms with Gasteiger partial charge in [-0.25, -0.2) is 9.59 Å². The van der Waals surface area contributed by atoms with Gasteiger partial charge < -0.3 is 20.1 Å². The summed E-state index contributed by atoms with van der Waals surface area (Å²) in [6, 6.07) is 18.6. The fourth-order valence-corrected chi connectivity index (χ4v) is 3.08. The molecular formula is C22H26N4O4. The number of ether oxygens (including phenoxy) is 2. The van der Waals surface area contributed by atoms with Gasteiger partial charge in [0.15, 0.2) is 0 Å². The van der Waals surface area contributed by atoms with Crippen molar-refractivity contribution in [2.24, 2.45) is 16.6 Å². The Bertz CT molecular complexity index is 858. The Morgan fingerprint density at radius 2 is 1.60 bits per heavy atom. The Morgan fingerprint density at radius 1 is 1.00 bits per heavy atom. The van der Waals surface area contributed by atoms with Gasteiger partial charge in [0, 0.05) is 13.1 Å². The molecule has 0 radical (unpaired) electrons. The molecule has 1 saturated heterocycles. The van der Waals surface area contributed by atoms with E-state index in [0.29, 0.717) is 19.6 Å². The van der Waals surface area contributed by atoms with Gasteiger partial charge in [-0.2, -0.15) is 0 Å². The molecule has 1 heterocycles. The van der Waals surface area contributed by atoms with Crippen LogP contribution in [0.4, 0.5) is 9.59 Å². The summed E-state index contributed by atoms with van der Waals surface area (Å²) >= 11 is 0. The van der Waals surface area contributed by atoms with Crippen LogP contribution in [0.2, 0.25) is 0 Å². The number of amides is 2. The third-order valence-electron chi connectivity index (χ3n) is 4.75. The van der Waals surface area contributed by atoms with Crippen LogP contribution >= 0.6 is 0 Å². The molecule has 8 heteroatoms. The summed E-state index contributed by atoms with van der Waals surface area (Å²) in [6.07, 6.45) is -0.618. The third kappa shape index (κ3) is 6.59. The first-order valence-electron chi connectivity index (χ1n) is 9.86. The number of carbonyl (C=O) groups is 2. The average molecular weight is 410 g/mol. The molecule has 1 unspecified atom stereocenters. The van der Waals surface area contributed by atoms with Gasteiger partial charge in [0.1, 0.15) is 13.2 Å². The number of rotatable bonds is 5. The summed E-state index contributed by atoms with van der Waals surface area (Å²) in [5.74, 6) is 0.389. The number of nitrogens with one attached hydrogen (secondary N) is 1. The van der Waals surface area contributed by atoms with Crippen molar-refractivity contribution in [1.29, 1.82) is 0 Å². The monoisotopic (exact) mass is 410 g/mol. The highest BCUT2D eigenvalue weighted by Crippen LogP contribution is 2.15. The molecule has 0 aliphatic carbocycles. The van der Waals surface area contributed by atoms with Gasteiger partial charge in [-0.1, -0.05) is 60.7 Å². The van der Waals surface area contributed by atoms with Crippen LogP contribution in [-0.2, 0) is 22.7 Å². The van der Waals surface area contributed by atoms with E-state index in [0.717, 1.165) is 17.5 Å². The number of hydrogen-bond acceptors (Lipinski definition) is 5. The molecule has 2 amide bonds. The molecular weight excluding hydrogens is 384 g/mol. The zero-order chi connectivity index (χ0) is 21.2. The van der Waals surface area contributed by atoms with Crippen LogP contribution in [0, 0.1) is 5.92 Å². The summed E-state index contributed by atoms with van der Waals surface area (Å²) in [5, 5.41) is 2.58. The van der Waals surface area contributed by atoms with E-state index in [9.17, 15) is 9.59 Å². The molecule has 158 valence electrons. The van der Waals surface area contributed by atoms with E-state index < -0.39 is 12.2 Å². The number of likely N-dealkylation sites (tertiary alicyclic amines) is 1. The van der Waals surface area contributed by atoms with Gasteiger partial charge in [0.2, 0.25) is 5.96 Å². The second kappa shape index (κ2) is 11.0. The molecule has 0 spiro atoms. The predicted octanol–water partition coefficient (Wildman–Crippen LogP) is 2.89. The van der Waals surface area contributed by atoms with E-state index in [2.05, 4.69) is 10.3 Å². The van der Waals surface area contributed by atoms with Gasteiger partial charge >= 0.3 is 12.2 Å². The summed E-state index contributed by atoms with van der Waals surface area (Å²) in [4.78, 5) is 30.3. The van der Waals surface area contributed by atoms with Gasteiger partial charge in [-0.3, -0.25) is 5.32 Å². The zero-order valence-corrected chi connectivity index (χ0v) is 16.7. The Kier molecular flexibility index (Phi) is 7.79. The maximum atomic E-state index is 12.3. The van der Waals surface area contributed by atoms with E-state index in [1.807, 2.05) is 65.6 Å². The normalized spacial score (nSPS) is 16.2. The van der Waals surface area contributed by atoms with Crippen LogP contribution in [0.1, 0.15) is 17.5 Å². The largest absolute Gasteiger partial charge is 0.444 e. The fourth-order valence-electron chi connectivity index (χ4n) is 3.08. The summed E-state index contributed by atoms with van der Waals surface area (Å²) in [5.41, 5.74) is 7.46. The van der Waals surface area contributed by atoms with Gasteiger partial charge in [0.25, 0.3) is 0 Å². The van der Waals surface area contributed by atoms with E-state index in [4.69, 9.17) is 15.2 Å². The number of aliphatic imine (C=N–C) groups is 1. The summed E-state index contributed by atoms with van der Waals surface area (Å²) < 4.78 is 10.5. The molecule has 1 aliphatic rings. The first kappa shape index (κ1) is 21.3. The Labute approximate surface area is 175 Å². The SMILES string of the molecule is NCC1CCN(/C(=N\C(=O)OCc2ccccc2)NC(=O)OCc2ccccc2)C1. The van der Waals surface area contributed by atoms with Crippen molar-refractivity contribution in [1.82, 2.24) is 10.2 Å². The van der Waals surface area contributed by atoms with E-state index >= 15 is 0 Å². The molecule has 1 atom stereocenters. The summed E-state index contributed by atoms with van der Waals surface area (Å²) in [6.45, 7) is 1.97. The Balaban J connectivity index is 1.61. The third-order valence-corrected chi connectivity index (χ3v) is 4.75. The molecule has 3 N–H and O–H groups in total. The highest BCUT2D eigenvalue weighted by Gasteiger charge is 2.26. The molecule has 1 aliphatic heterocycles. The van der Waals surface area contributed by atoms with Crippen LogP contribution in [-0.4, -0.2) is 42.7 Å². The van der Waals surface area contributed by atoms with Crippen molar-refractivity contribution in [3.63, 3.8) is 0 Å². The van der Waals surface area contributed by atoms with Crippen molar-refractivity contribution < 1.29 is 19.1 Å². The van der Waals surface area contributed by atoms with Crippen LogP contribution in [0.3, 0.4) is 0 Å². The maximum absolute atomic E-state index is 12.3. The molecule has 0 aromatic heterocycles. The number of carbonyl (C=O) groups excluding carboxylic acids is 2. The molecule has 3 rings (SSSR count). The minimum atomic E-state index is -0.784. The lowest BCUT2D eigenvalue weighted by Gasteiger charge is -2.20. The van der Waals surface area contributed by atoms with E-state index in [-0.39, 0.29) is 25.1 Å². The van der Waals surface area contributed by atoms with Crippen LogP contribution < -0.4 is 11.1 Å². The summed E-state index contributed by atoms with van der Waals surface area (Å²) in [7, 11) is 0. The average Bonchev–Trinajstić information content (AvgIpc) is 3.27. The lowest BCUT2D eigenvalue weighted by atomic mass is 10.1. The number of nitrogens with zero attached hydrogens (tertiary/aromatic N) is 2. The smallest absolute Gasteiger partial charge is 0.437 e. The standard InChI is InChI=1S/C22H26N4O4/c23-13-19-11-12-26(14-19)20(24-21(27)29-15-17-7-3-1-4-8-17)25-22(28)30-16-18-9-5-2-6-10-18/h1-10,19H,11-16,23H2,(H,24,25,27,28). The molecule has 2 aromatic rings. The zero-order valence-electron chi connectivity index (χ0n) is 16.7. The first-order chi connectivity index (χ1) is 14.6. The second-order valence-corrected chi connectivity index (χ2v) is 7.00. The van der Waals surface area contributed by atoms with Gasteiger partial charge in [0.05, 0.1) is 0 Å². The van der Waals surface area contributed by atoms with Crippen LogP contribution in [0.15, 0.2) is 65.7 Å². The van der Waals surface area contributed by atoms with E-state index in [1.54, 1.807) is 0 Å². The minimum Gasteiger partial charge on any atom is -0.444 e. The topological polar surface area (TPSA) is 106 Å². The highest BCUT2D eigenvalue weighted by atomic mass is 16.6. The highest BCUT2D eigenvalue weighted by molar-refractivity contribution is 5.98.